The summed E-state index contributed by atoms with van der Waals surface area (Å²) in [5.74, 6) is 0.788. The van der Waals surface area contributed by atoms with Crippen molar-refractivity contribution in [2.75, 3.05) is 19.8 Å². The largest absolute Gasteiger partial charge is 0.381 e. The molecule has 0 spiro atoms. The van der Waals surface area contributed by atoms with Gasteiger partial charge < -0.3 is 10.1 Å². The van der Waals surface area contributed by atoms with Gasteiger partial charge in [-0.25, -0.2) is 8.42 Å². The maximum atomic E-state index is 12.5. The first-order valence-electron chi connectivity index (χ1n) is 10.5. The number of nitrogens with one attached hydrogen (secondary N) is 1. The zero-order valence-electron chi connectivity index (χ0n) is 17.3. The molecule has 8 heteroatoms. The second-order valence-corrected chi connectivity index (χ2v) is 10.1. The van der Waals surface area contributed by atoms with Crippen LogP contribution in [0.1, 0.15) is 46.0 Å². The minimum Gasteiger partial charge on any atom is -0.381 e. The molecule has 1 aromatic carbocycles. The Labute approximate surface area is 172 Å². The van der Waals surface area contributed by atoms with E-state index < -0.39 is 9.84 Å². The predicted octanol–water partition coefficient (Wildman–Crippen LogP) is 2.93. The monoisotopic (exact) mass is 421 g/mol. The zero-order chi connectivity index (χ0) is 20.9. The molecule has 0 bridgehead atoms. The van der Waals surface area contributed by atoms with Crippen LogP contribution in [0.15, 0.2) is 29.3 Å². The summed E-state index contributed by atoms with van der Waals surface area (Å²) < 4.78 is 31.6. The molecular weight excluding hydrogens is 390 g/mol. The molecule has 1 saturated carbocycles. The number of amides is 1. The molecule has 29 heavy (non-hydrogen) atoms. The predicted molar refractivity (Wildman–Crippen MR) is 112 cm³/mol. The highest BCUT2D eigenvalue weighted by Crippen LogP contribution is 2.36. The molecule has 0 unspecified atom stereocenters. The van der Waals surface area contributed by atoms with Crippen molar-refractivity contribution < 1.29 is 17.9 Å². The van der Waals surface area contributed by atoms with E-state index >= 15 is 0 Å². The lowest BCUT2D eigenvalue weighted by atomic mass is 10.0. The molecule has 4 rings (SSSR count). The molecule has 7 nitrogen and oxygen atoms in total. The SMILES string of the molecule is CC1CCOCC1.CCCNC(=O)Cn1ncc2c(S(=O)(=O)C3CC3)cccc21. The van der Waals surface area contributed by atoms with E-state index in [1.807, 2.05) is 6.92 Å². The first kappa shape index (κ1) is 21.8. The molecule has 0 atom stereocenters. The molecule has 2 aromatic rings. The summed E-state index contributed by atoms with van der Waals surface area (Å²) in [6, 6.07) is 5.13. The number of carbonyl (C=O) groups is 1. The molecule has 2 fully saturated rings. The van der Waals surface area contributed by atoms with E-state index in [0.29, 0.717) is 22.3 Å². The van der Waals surface area contributed by atoms with Gasteiger partial charge in [-0.3, -0.25) is 9.48 Å². The maximum Gasteiger partial charge on any atom is 0.241 e. The number of nitrogens with zero attached hydrogens (tertiary/aromatic N) is 2. The second-order valence-electron chi connectivity index (χ2n) is 7.88. The Morgan fingerprint density at radius 2 is 1.97 bits per heavy atom. The summed E-state index contributed by atoms with van der Waals surface area (Å²) in [5.41, 5.74) is 0.674. The molecule has 1 saturated heterocycles. The number of hydrogen-bond acceptors (Lipinski definition) is 5. The van der Waals surface area contributed by atoms with Gasteiger partial charge in [-0.15, -0.1) is 0 Å². The van der Waals surface area contributed by atoms with Crippen molar-refractivity contribution in [3.8, 4) is 0 Å². The first-order chi connectivity index (χ1) is 13.9. The Morgan fingerprint density at radius 1 is 1.24 bits per heavy atom. The lowest BCUT2D eigenvalue weighted by molar-refractivity contribution is -0.121. The van der Waals surface area contributed by atoms with Gasteiger partial charge in [0.1, 0.15) is 6.54 Å². The minimum absolute atomic E-state index is 0.0937. The fraction of sp³-hybridized carbons (Fsp3) is 0.619. The van der Waals surface area contributed by atoms with Crippen LogP contribution in [0.4, 0.5) is 0 Å². The molecule has 2 aliphatic rings. The van der Waals surface area contributed by atoms with E-state index in [0.717, 1.165) is 38.4 Å². The van der Waals surface area contributed by atoms with Gasteiger partial charge >= 0.3 is 0 Å². The van der Waals surface area contributed by atoms with Crippen molar-refractivity contribution >= 4 is 26.6 Å². The summed E-state index contributed by atoms with van der Waals surface area (Å²) in [6.07, 6.45) is 6.39. The summed E-state index contributed by atoms with van der Waals surface area (Å²) in [5, 5.41) is 7.32. The van der Waals surface area contributed by atoms with E-state index in [1.54, 1.807) is 22.9 Å². The summed E-state index contributed by atoms with van der Waals surface area (Å²) >= 11 is 0. The highest BCUT2D eigenvalue weighted by atomic mass is 32.2. The van der Waals surface area contributed by atoms with Crippen LogP contribution in [0, 0.1) is 5.92 Å². The highest BCUT2D eigenvalue weighted by Gasteiger charge is 2.38. The smallest absolute Gasteiger partial charge is 0.241 e. The van der Waals surface area contributed by atoms with E-state index in [2.05, 4.69) is 17.3 Å². The molecule has 160 valence electrons. The summed E-state index contributed by atoms with van der Waals surface area (Å²) in [6.45, 7) is 6.96. The van der Waals surface area contributed by atoms with Crippen molar-refractivity contribution in [3.05, 3.63) is 24.4 Å². The van der Waals surface area contributed by atoms with Crippen LogP contribution in [-0.2, 0) is 25.9 Å². The fourth-order valence-electron chi connectivity index (χ4n) is 3.28. The lowest BCUT2D eigenvalue weighted by Crippen LogP contribution is -2.28. The number of sulfone groups is 1. The van der Waals surface area contributed by atoms with Crippen LogP contribution in [0.5, 0.6) is 0 Å². The Bertz CT molecular complexity index is 929. The Kier molecular flexibility index (Phi) is 7.29. The zero-order valence-corrected chi connectivity index (χ0v) is 18.1. The van der Waals surface area contributed by atoms with Crippen LogP contribution in [0.25, 0.3) is 10.9 Å². The third-order valence-electron chi connectivity index (χ3n) is 5.29. The number of benzene rings is 1. The van der Waals surface area contributed by atoms with Crippen LogP contribution >= 0.6 is 0 Å². The fourth-order valence-corrected chi connectivity index (χ4v) is 5.13. The van der Waals surface area contributed by atoms with E-state index in [4.69, 9.17) is 4.74 Å². The van der Waals surface area contributed by atoms with Crippen molar-refractivity contribution in [1.82, 2.24) is 15.1 Å². The number of fused-ring (bicyclic) bond motifs is 1. The van der Waals surface area contributed by atoms with Crippen LogP contribution in [-0.4, -0.2) is 49.1 Å². The number of rotatable bonds is 6. The summed E-state index contributed by atoms with van der Waals surface area (Å²) in [7, 11) is -3.28. The van der Waals surface area contributed by atoms with Crippen molar-refractivity contribution in [2.24, 2.45) is 5.92 Å². The topological polar surface area (TPSA) is 90.3 Å². The number of carbonyl (C=O) groups excluding carboxylic acids is 1. The van der Waals surface area contributed by atoms with Gasteiger partial charge in [-0.1, -0.05) is 19.9 Å². The number of aromatic nitrogens is 2. The maximum absolute atomic E-state index is 12.5. The van der Waals surface area contributed by atoms with Gasteiger partial charge in [0.25, 0.3) is 0 Å². The van der Waals surface area contributed by atoms with Gasteiger partial charge in [-0.05, 0) is 50.2 Å². The van der Waals surface area contributed by atoms with E-state index in [1.165, 1.54) is 19.0 Å². The van der Waals surface area contributed by atoms with Crippen molar-refractivity contribution in [2.45, 2.75) is 62.6 Å². The third-order valence-corrected chi connectivity index (χ3v) is 7.61. The minimum atomic E-state index is -3.28. The molecule has 1 amide bonds. The average Bonchev–Trinajstić information content (AvgIpc) is 3.50. The first-order valence-corrected chi connectivity index (χ1v) is 12.0. The van der Waals surface area contributed by atoms with Gasteiger partial charge in [0.2, 0.25) is 5.91 Å². The van der Waals surface area contributed by atoms with Crippen molar-refractivity contribution in [3.63, 3.8) is 0 Å². The summed E-state index contributed by atoms with van der Waals surface area (Å²) in [4.78, 5) is 12.1. The molecule has 1 N–H and O–H groups in total. The number of ether oxygens (including phenoxy) is 1. The van der Waals surface area contributed by atoms with Crippen molar-refractivity contribution in [1.29, 1.82) is 0 Å². The van der Waals surface area contributed by atoms with Gasteiger partial charge in [0.05, 0.1) is 21.9 Å². The molecule has 1 aliphatic carbocycles. The highest BCUT2D eigenvalue weighted by molar-refractivity contribution is 7.92. The third kappa shape index (κ3) is 5.57. The Morgan fingerprint density at radius 3 is 2.55 bits per heavy atom. The standard InChI is InChI=1S/C15H19N3O3S.C6H12O/c1-2-8-16-15(19)10-18-13-4-3-5-14(12(13)9-17-18)22(20,21)11-6-7-11;1-6-2-4-7-5-3-6/h3-5,9,11H,2,6-8,10H2,1H3,(H,16,19);6H,2-5H2,1H3. The second kappa shape index (κ2) is 9.71. The van der Waals surface area contributed by atoms with Gasteiger partial charge in [0, 0.05) is 25.1 Å². The molecule has 1 aliphatic heterocycles. The molecule has 0 radical (unpaired) electrons. The molecular formula is C21H31N3O4S. The Hall–Kier alpha value is -1.93. The van der Waals surface area contributed by atoms with Gasteiger partial charge in [0.15, 0.2) is 9.84 Å². The molecule has 2 heterocycles. The van der Waals surface area contributed by atoms with Gasteiger partial charge in [-0.2, -0.15) is 5.10 Å². The van der Waals surface area contributed by atoms with E-state index in [9.17, 15) is 13.2 Å². The van der Waals surface area contributed by atoms with Crippen LogP contribution < -0.4 is 5.32 Å². The van der Waals surface area contributed by atoms with Crippen LogP contribution in [0.3, 0.4) is 0 Å². The van der Waals surface area contributed by atoms with E-state index in [-0.39, 0.29) is 17.7 Å². The quantitative estimate of drug-likeness (QED) is 0.774. The molecule has 1 aromatic heterocycles. The lowest BCUT2D eigenvalue weighted by Gasteiger charge is -2.16. The average molecular weight is 422 g/mol. The normalized spacial score (nSPS) is 17.6. The number of hydrogen-bond donors (Lipinski definition) is 1. The van der Waals surface area contributed by atoms with Crippen LogP contribution in [0.2, 0.25) is 0 Å². The Balaban J connectivity index is 0.000000290.